The summed E-state index contributed by atoms with van der Waals surface area (Å²) in [5.41, 5.74) is 0. The molecule has 1 saturated carbocycles. The molecule has 1 heterocycles. The minimum absolute atomic E-state index is 0.338. The van der Waals surface area contributed by atoms with Crippen LogP contribution >= 0.6 is 34.8 Å². The van der Waals surface area contributed by atoms with Gasteiger partial charge in [-0.1, -0.05) is 47.6 Å². The monoisotopic (exact) mass is 315 g/mol. The normalized spacial score (nSPS) is 16.2. The number of fused-ring (bicyclic) bond motifs is 1. The van der Waals surface area contributed by atoms with Crippen LogP contribution in [0.4, 0.5) is 5.82 Å². The predicted molar refractivity (Wildman–Crippen MR) is 80.4 cm³/mol. The number of aromatic nitrogens is 2. The number of benzene rings is 1. The van der Waals surface area contributed by atoms with Gasteiger partial charge in [-0.15, -0.1) is 10.2 Å². The Morgan fingerprint density at radius 1 is 0.947 bits per heavy atom. The van der Waals surface area contributed by atoms with Gasteiger partial charge >= 0.3 is 0 Å². The molecule has 3 rings (SSSR count). The number of halogens is 3. The Hall–Kier alpha value is -0.770. The van der Waals surface area contributed by atoms with Gasteiger partial charge in [0.1, 0.15) is 0 Å². The van der Waals surface area contributed by atoms with E-state index in [1.807, 2.05) is 0 Å². The van der Waals surface area contributed by atoms with Crippen molar-refractivity contribution in [1.82, 2.24) is 10.2 Å². The summed E-state index contributed by atoms with van der Waals surface area (Å²) in [6.45, 7) is 0. The van der Waals surface area contributed by atoms with E-state index in [-0.39, 0.29) is 0 Å². The van der Waals surface area contributed by atoms with Gasteiger partial charge in [0, 0.05) is 16.8 Å². The summed E-state index contributed by atoms with van der Waals surface area (Å²) in [4.78, 5) is 0. The summed E-state index contributed by atoms with van der Waals surface area (Å²) < 4.78 is 0. The third kappa shape index (κ3) is 2.60. The molecule has 0 saturated heterocycles. The van der Waals surface area contributed by atoms with E-state index in [4.69, 9.17) is 34.8 Å². The molecule has 1 aromatic carbocycles. The highest BCUT2D eigenvalue weighted by atomic mass is 35.5. The molecule has 1 aliphatic carbocycles. The average molecular weight is 317 g/mol. The molecule has 1 fully saturated rings. The summed E-state index contributed by atoms with van der Waals surface area (Å²) >= 11 is 18.2. The second kappa shape index (κ2) is 5.31. The van der Waals surface area contributed by atoms with E-state index < -0.39 is 0 Å². The summed E-state index contributed by atoms with van der Waals surface area (Å²) in [6, 6.07) is 3.97. The third-order valence-electron chi connectivity index (χ3n) is 3.47. The van der Waals surface area contributed by atoms with Crippen LogP contribution in [-0.2, 0) is 0 Å². The molecule has 0 aliphatic heterocycles. The van der Waals surface area contributed by atoms with Gasteiger partial charge in [-0.05, 0) is 25.0 Å². The maximum Gasteiger partial charge on any atom is 0.159 e. The lowest BCUT2D eigenvalue weighted by molar-refractivity contribution is 0.748. The molecule has 0 atom stereocenters. The van der Waals surface area contributed by atoms with Gasteiger partial charge in [-0.2, -0.15) is 0 Å². The number of hydrogen-bond acceptors (Lipinski definition) is 3. The number of nitrogens with one attached hydrogen (secondary N) is 1. The Morgan fingerprint density at radius 2 is 1.58 bits per heavy atom. The number of anilines is 1. The second-order valence-electron chi connectivity index (χ2n) is 4.78. The molecule has 3 nitrogen and oxygen atoms in total. The van der Waals surface area contributed by atoms with Crippen molar-refractivity contribution in [3.8, 4) is 0 Å². The van der Waals surface area contributed by atoms with Gasteiger partial charge in [0.2, 0.25) is 0 Å². The van der Waals surface area contributed by atoms with Gasteiger partial charge < -0.3 is 5.32 Å². The largest absolute Gasteiger partial charge is 0.365 e. The molecule has 0 bridgehead atoms. The minimum Gasteiger partial charge on any atom is -0.365 e. The molecule has 6 heteroatoms. The summed E-state index contributed by atoms with van der Waals surface area (Å²) in [6.07, 6.45) is 4.83. The summed E-state index contributed by atoms with van der Waals surface area (Å²) in [7, 11) is 0. The van der Waals surface area contributed by atoms with E-state index in [1.54, 1.807) is 12.1 Å². The first-order chi connectivity index (χ1) is 9.15. The van der Waals surface area contributed by atoms with E-state index in [0.29, 0.717) is 21.2 Å². The highest BCUT2D eigenvalue weighted by Gasteiger charge is 2.18. The maximum atomic E-state index is 6.08. The quantitative estimate of drug-likeness (QED) is 0.852. The molecule has 0 unspecified atom stereocenters. The van der Waals surface area contributed by atoms with E-state index in [2.05, 4.69) is 15.5 Å². The zero-order chi connectivity index (χ0) is 13.4. The van der Waals surface area contributed by atoms with Crippen molar-refractivity contribution in [2.75, 3.05) is 5.32 Å². The Kier molecular flexibility index (Phi) is 3.70. The van der Waals surface area contributed by atoms with Crippen molar-refractivity contribution < 1.29 is 0 Å². The van der Waals surface area contributed by atoms with Crippen LogP contribution in [0, 0.1) is 0 Å². The fourth-order valence-corrected chi connectivity index (χ4v) is 3.01. The molecule has 0 amide bonds. The zero-order valence-corrected chi connectivity index (χ0v) is 12.4. The second-order valence-corrected chi connectivity index (χ2v) is 5.95. The van der Waals surface area contributed by atoms with Crippen LogP contribution in [0.2, 0.25) is 15.2 Å². The number of nitrogens with zero attached hydrogens (tertiary/aromatic N) is 2. The highest BCUT2D eigenvalue weighted by Crippen LogP contribution is 2.34. The maximum absolute atomic E-state index is 6.08. The van der Waals surface area contributed by atoms with Crippen LogP contribution in [0.15, 0.2) is 12.1 Å². The van der Waals surface area contributed by atoms with E-state index in [9.17, 15) is 0 Å². The van der Waals surface area contributed by atoms with Gasteiger partial charge in [0.25, 0.3) is 0 Å². The zero-order valence-electron chi connectivity index (χ0n) is 10.1. The number of rotatable bonds is 2. The molecule has 0 radical (unpaired) electrons. The molecule has 100 valence electrons. The van der Waals surface area contributed by atoms with Crippen LogP contribution in [0.3, 0.4) is 0 Å². The van der Waals surface area contributed by atoms with Crippen LogP contribution < -0.4 is 5.32 Å². The first kappa shape index (κ1) is 13.2. The molecule has 1 aromatic heterocycles. The molecule has 2 aromatic rings. The van der Waals surface area contributed by atoms with Crippen LogP contribution in [0.1, 0.15) is 25.7 Å². The van der Waals surface area contributed by atoms with Gasteiger partial charge in [0.15, 0.2) is 11.0 Å². The first-order valence-corrected chi connectivity index (χ1v) is 7.36. The Bertz CT molecular complexity index is 624. The fourth-order valence-electron chi connectivity index (χ4n) is 2.49. The molecular weight excluding hydrogens is 305 g/mol. The van der Waals surface area contributed by atoms with Gasteiger partial charge in [-0.3, -0.25) is 0 Å². The van der Waals surface area contributed by atoms with Crippen molar-refractivity contribution in [2.45, 2.75) is 31.7 Å². The molecule has 1 aliphatic rings. The smallest absolute Gasteiger partial charge is 0.159 e. The van der Waals surface area contributed by atoms with Gasteiger partial charge in [0.05, 0.1) is 10.0 Å². The van der Waals surface area contributed by atoms with Crippen LogP contribution in [0.5, 0.6) is 0 Å². The first-order valence-electron chi connectivity index (χ1n) is 6.22. The molecule has 1 N–H and O–H groups in total. The average Bonchev–Trinajstić information content (AvgIpc) is 2.88. The lowest BCUT2D eigenvalue weighted by Gasteiger charge is -2.14. The molecule has 0 spiro atoms. The topological polar surface area (TPSA) is 37.8 Å². The van der Waals surface area contributed by atoms with Crippen molar-refractivity contribution in [2.24, 2.45) is 0 Å². The Morgan fingerprint density at radius 3 is 2.26 bits per heavy atom. The van der Waals surface area contributed by atoms with Crippen molar-refractivity contribution in [3.05, 3.63) is 27.3 Å². The Labute approximate surface area is 126 Å². The lowest BCUT2D eigenvalue weighted by Crippen LogP contribution is -2.16. The third-order valence-corrected chi connectivity index (χ3v) is 4.47. The minimum atomic E-state index is 0.338. The SMILES string of the molecule is Clc1cc2c(Cl)nnc(NC3CCCC3)c2cc1Cl. The number of hydrogen-bond donors (Lipinski definition) is 1. The van der Waals surface area contributed by atoms with Crippen molar-refractivity contribution in [3.63, 3.8) is 0 Å². The van der Waals surface area contributed by atoms with E-state index in [0.717, 1.165) is 29.4 Å². The summed E-state index contributed by atoms with van der Waals surface area (Å²) in [5, 5.41) is 14.5. The van der Waals surface area contributed by atoms with Gasteiger partial charge in [-0.25, -0.2) is 0 Å². The molecule has 19 heavy (non-hydrogen) atoms. The highest BCUT2D eigenvalue weighted by molar-refractivity contribution is 6.43. The predicted octanol–water partition coefficient (Wildman–Crippen LogP) is 4.94. The lowest BCUT2D eigenvalue weighted by atomic mass is 10.1. The van der Waals surface area contributed by atoms with E-state index in [1.165, 1.54) is 12.8 Å². The van der Waals surface area contributed by atoms with Crippen molar-refractivity contribution in [1.29, 1.82) is 0 Å². The van der Waals surface area contributed by atoms with Crippen molar-refractivity contribution >= 4 is 51.4 Å². The fraction of sp³-hybridized carbons (Fsp3) is 0.385. The standard InChI is InChI=1S/C13H12Cl3N3/c14-10-5-8-9(6-11(10)15)13(19-18-12(8)16)17-7-3-1-2-4-7/h5-7H,1-4H2,(H,17,19). The Balaban J connectivity index is 2.08. The summed E-state index contributed by atoms with van der Waals surface area (Å²) in [5.74, 6) is 0.727. The van der Waals surface area contributed by atoms with Crippen LogP contribution in [0.25, 0.3) is 10.8 Å². The molecular formula is C13H12Cl3N3. The van der Waals surface area contributed by atoms with E-state index >= 15 is 0 Å². The van der Waals surface area contributed by atoms with Crippen LogP contribution in [-0.4, -0.2) is 16.2 Å².